The Bertz CT molecular complexity index is 408. The lowest BCUT2D eigenvalue weighted by molar-refractivity contribution is 0.630. The molecule has 3 heteroatoms. The Hall–Kier alpha value is -1.25. The minimum atomic E-state index is 0.0508. The van der Waals surface area contributed by atoms with Gasteiger partial charge in [-0.15, -0.1) is 0 Å². The molecule has 1 aliphatic carbocycles. The number of aromatic nitrogens is 1. The molecule has 18 heavy (non-hydrogen) atoms. The third kappa shape index (κ3) is 3.62. The number of hydrogen-bond donors (Lipinski definition) is 1. The van der Waals surface area contributed by atoms with Crippen LogP contribution in [0.5, 0.6) is 0 Å². The molecule has 0 amide bonds. The summed E-state index contributed by atoms with van der Waals surface area (Å²) in [6.45, 7) is 9.89. The second kappa shape index (κ2) is 4.79. The minimum absolute atomic E-state index is 0.0508. The summed E-state index contributed by atoms with van der Waals surface area (Å²) in [6, 6.07) is 6.19. The van der Waals surface area contributed by atoms with Crippen molar-refractivity contribution < 1.29 is 0 Å². The number of nitrogens with one attached hydrogen (secondary N) is 1. The van der Waals surface area contributed by atoms with E-state index in [0.29, 0.717) is 0 Å². The summed E-state index contributed by atoms with van der Waals surface area (Å²) in [5.41, 5.74) is 0.0508. The summed E-state index contributed by atoms with van der Waals surface area (Å²) in [5.74, 6) is 3.76. The van der Waals surface area contributed by atoms with Gasteiger partial charge in [-0.25, -0.2) is 4.98 Å². The molecule has 1 aromatic rings. The molecular weight excluding hydrogens is 222 g/mol. The van der Waals surface area contributed by atoms with E-state index in [1.54, 1.807) is 0 Å². The maximum atomic E-state index is 4.68. The summed E-state index contributed by atoms with van der Waals surface area (Å²) in [5, 5.41) is 3.42. The van der Waals surface area contributed by atoms with E-state index in [9.17, 15) is 0 Å². The molecule has 2 atom stereocenters. The highest BCUT2D eigenvalue weighted by atomic mass is 15.2. The van der Waals surface area contributed by atoms with Crippen molar-refractivity contribution in [2.75, 3.05) is 23.8 Å². The number of pyridine rings is 1. The molecule has 1 aromatic heterocycles. The summed E-state index contributed by atoms with van der Waals surface area (Å²) in [4.78, 5) is 6.94. The van der Waals surface area contributed by atoms with Crippen LogP contribution in [0.3, 0.4) is 0 Å². The first-order valence-electron chi connectivity index (χ1n) is 6.81. The summed E-state index contributed by atoms with van der Waals surface area (Å²) >= 11 is 0. The number of anilines is 2. The van der Waals surface area contributed by atoms with Crippen LogP contribution in [0.2, 0.25) is 0 Å². The zero-order valence-electron chi connectivity index (χ0n) is 12.2. The van der Waals surface area contributed by atoms with Gasteiger partial charge in [-0.3, -0.25) is 0 Å². The van der Waals surface area contributed by atoms with Gasteiger partial charge in [0.15, 0.2) is 0 Å². The van der Waals surface area contributed by atoms with Crippen LogP contribution >= 0.6 is 0 Å². The minimum Gasteiger partial charge on any atom is -0.365 e. The average Bonchev–Trinajstić information content (AvgIpc) is 2.92. The molecule has 0 saturated heterocycles. The Morgan fingerprint density at radius 2 is 2.06 bits per heavy atom. The van der Waals surface area contributed by atoms with Gasteiger partial charge in [-0.2, -0.15) is 0 Å². The van der Waals surface area contributed by atoms with E-state index >= 15 is 0 Å². The van der Waals surface area contributed by atoms with Crippen LogP contribution in [0.1, 0.15) is 34.1 Å². The standard InChI is InChI=1S/C15H25N3/c1-11-9-12(11)10-18(5)14-8-6-7-13(16-14)17-15(2,3)4/h6-8,11-12H,9-10H2,1-5H3,(H,16,17). The zero-order chi connectivity index (χ0) is 13.3. The number of nitrogens with zero attached hydrogens (tertiary/aromatic N) is 2. The van der Waals surface area contributed by atoms with Gasteiger partial charge >= 0.3 is 0 Å². The van der Waals surface area contributed by atoms with Gasteiger partial charge in [-0.05, 0) is 51.2 Å². The van der Waals surface area contributed by atoms with Gasteiger partial charge in [0.25, 0.3) is 0 Å². The summed E-state index contributed by atoms with van der Waals surface area (Å²) < 4.78 is 0. The van der Waals surface area contributed by atoms with Crippen molar-refractivity contribution in [3.63, 3.8) is 0 Å². The lowest BCUT2D eigenvalue weighted by atomic mass is 10.1. The van der Waals surface area contributed by atoms with Crippen molar-refractivity contribution in [1.29, 1.82) is 0 Å². The molecule has 0 bridgehead atoms. The molecule has 2 rings (SSSR count). The van der Waals surface area contributed by atoms with Crippen molar-refractivity contribution in [2.45, 2.75) is 39.7 Å². The van der Waals surface area contributed by atoms with Crippen molar-refractivity contribution in [2.24, 2.45) is 11.8 Å². The number of hydrogen-bond acceptors (Lipinski definition) is 3. The predicted octanol–water partition coefficient (Wildman–Crippen LogP) is 3.38. The van der Waals surface area contributed by atoms with Crippen LogP contribution in [0.15, 0.2) is 18.2 Å². The molecule has 1 saturated carbocycles. The van der Waals surface area contributed by atoms with Gasteiger partial charge in [-0.1, -0.05) is 13.0 Å². The van der Waals surface area contributed by atoms with Crippen LogP contribution in [0.4, 0.5) is 11.6 Å². The quantitative estimate of drug-likeness (QED) is 0.884. The molecule has 0 aromatic carbocycles. The van der Waals surface area contributed by atoms with Gasteiger partial charge in [0, 0.05) is 19.1 Å². The van der Waals surface area contributed by atoms with E-state index in [0.717, 1.165) is 30.0 Å². The van der Waals surface area contributed by atoms with E-state index < -0.39 is 0 Å². The summed E-state index contributed by atoms with van der Waals surface area (Å²) in [7, 11) is 2.13. The highest BCUT2D eigenvalue weighted by Gasteiger charge is 2.33. The Labute approximate surface area is 111 Å². The Morgan fingerprint density at radius 1 is 1.39 bits per heavy atom. The normalized spacial score (nSPS) is 22.7. The fourth-order valence-corrected chi connectivity index (χ4v) is 2.19. The van der Waals surface area contributed by atoms with E-state index in [2.05, 4.69) is 62.1 Å². The Balaban J connectivity index is 2.02. The third-order valence-electron chi connectivity index (χ3n) is 3.41. The van der Waals surface area contributed by atoms with Crippen LogP contribution in [-0.4, -0.2) is 24.1 Å². The van der Waals surface area contributed by atoms with Gasteiger partial charge in [0.1, 0.15) is 11.6 Å². The van der Waals surface area contributed by atoms with E-state index in [-0.39, 0.29) is 5.54 Å². The molecule has 2 unspecified atom stereocenters. The van der Waals surface area contributed by atoms with Crippen molar-refractivity contribution in [3.05, 3.63) is 18.2 Å². The maximum absolute atomic E-state index is 4.68. The highest BCUT2D eigenvalue weighted by molar-refractivity contribution is 5.47. The van der Waals surface area contributed by atoms with E-state index in [4.69, 9.17) is 0 Å². The molecular formula is C15H25N3. The molecule has 100 valence electrons. The third-order valence-corrected chi connectivity index (χ3v) is 3.41. The van der Waals surface area contributed by atoms with Gasteiger partial charge in [0.05, 0.1) is 0 Å². The second-order valence-corrected chi connectivity index (χ2v) is 6.61. The lowest BCUT2D eigenvalue weighted by Crippen LogP contribution is -2.27. The van der Waals surface area contributed by atoms with Crippen molar-refractivity contribution in [1.82, 2.24) is 4.98 Å². The molecule has 0 spiro atoms. The molecule has 1 aliphatic rings. The van der Waals surface area contributed by atoms with Crippen molar-refractivity contribution >= 4 is 11.6 Å². The second-order valence-electron chi connectivity index (χ2n) is 6.61. The number of rotatable bonds is 4. The van der Waals surface area contributed by atoms with E-state index in [1.165, 1.54) is 6.42 Å². The Kier molecular flexibility index (Phi) is 3.51. The average molecular weight is 247 g/mol. The topological polar surface area (TPSA) is 28.2 Å². The zero-order valence-corrected chi connectivity index (χ0v) is 12.2. The predicted molar refractivity (Wildman–Crippen MR) is 78.2 cm³/mol. The molecule has 0 aliphatic heterocycles. The largest absolute Gasteiger partial charge is 0.365 e. The van der Waals surface area contributed by atoms with Gasteiger partial charge < -0.3 is 10.2 Å². The molecule has 0 radical (unpaired) electrons. The fourth-order valence-electron chi connectivity index (χ4n) is 2.19. The maximum Gasteiger partial charge on any atom is 0.130 e. The lowest BCUT2D eigenvalue weighted by Gasteiger charge is -2.23. The first-order chi connectivity index (χ1) is 8.35. The molecule has 1 fully saturated rings. The highest BCUT2D eigenvalue weighted by Crippen LogP contribution is 2.38. The van der Waals surface area contributed by atoms with Crippen LogP contribution in [0, 0.1) is 11.8 Å². The first kappa shape index (κ1) is 13.2. The summed E-state index contributed by atoms with van der Waals surface area (Å²) in [6.07, 6.45) is 1.37. The smallest absolute Gasteiger partial charge is 0.130 e. The van der Waals surface area contributed by atoms with Gasteiger partial charge in [0.2, 0.25) is 0 Å². The van der Waals surface area contributed by atoms with Crippen LogP contribution in [-0.2, 0) is 0 Å². The van der Waals surface area contributed by atoms with E-state index in [1.807, 2.05) is 6.07 Å². The fraction of sp³-hybridized carbons (Fsp3) is 0.667. The first-order valence-corrected chi connectivity index (χ1v) is 6.81. The van der Waals surface area contributed by atoms with Crippen LogP contribution < -0.4 is 10.2 Å². The van der Waals surface area contributed by atoms with Crippen molar-refractivity contribution in [3.8, 4) is 0 Å². The SMILES string of the molecule is CC1CC1CN(C)c1cccc(NC(C)(C)C)n1. The molecule has 1 N–H and O–H groups in total. The molecule has 3 nitrogen and oxygen atoms in total. The van der Waals surface area contributed by atoms with Crippen LogP contribution in [0.25, 0.3) is 0 Å². The Morgan fingerprint density at radius 3 is 2.61 bits per heavy atom. The monoisotopic (exact) mass is 247 g/mol. The molecule has 1 heterocycles.